The number of aromatic nitrogens is 4. The minimum atomic E-state index is -0.962. The lowest BCUT2D eigenvalue weighted by atomic mass is 10.0. The van der Waals surface area contributed by atoms with Crippen molar-refractivity contribution >= 4 is 23.0 Å². The van der Waals surface area contributed by atoms with Gasteiger partial charge in [0.25, 0.3) is 5.91 Å². The number of hydrogen-bond acceptors (Lipinski definition) is 5. The highest BCUT2D eigenvalue weighted by atomic mass is 16.4. The standard InChI is InChI=1S/C33H34N6O3/c1-33(2,3)39(32(41)42)21-23-10-12-25(13-11-23)30-29(24-8-5-4-6-9-24)36-27-15-14-26(20-28(27)37-30)31(40)35-16-7-18-38-19-17-34-22-38/h4-6,8-15,17,19-20,22H,7,16,18,21H2,1-3H3,(H,35,40)(H,41,42). The Morgan fingerprint density at radius 3 is 2.24 bits per heavy atom. The second-order valence-electron chi connectivity index (χ2n) is 11.1. The molecule has 42 heavy (non-hydrogen) atoms. The van der Waals surface area contributed by atoms with Crippen molar-refractivity contribution in [2.75, 3.05) is 6.54 Å². The average Bonchev–Trinajstić information content (AvgIpc) is 3.51. The molecule has 9 nitrogen and oxygen atoms in total. The van der Waals surface area contributed by atoms with Crippen LogP contribution < -0.4 is 5.32 Å². The summed E-state index contributed by atoms with van der Waals surface area (Å²) in [6, 6.07) is 23.0. The molecule has 2 N–H and O–H groups in total. The Kier molecular flexibility index (Phi) is 8.28. The minimum Gasteiger partial charge on any atom is -0.465 e. The van der Waals surface area contributed by atoms with Gasteiger partial charge in [-0.3, -0.25) is 9.69 Å². The molecular weight excluding hydrogens is 528 g/mol. The van der Waals surface area contributed by atoms with Crippen LogP contribution in [0, 0.1) is 0 Å². The first kappa shape index (κ1) is 28.5. The van der Waals surface area contributed by atoms with Gasteiger partial charge in [-0.1, -0.05) is 54.6 Å². The Hall–Kier alpha value is -5.05. The van der Waals surface area contributed by atoms with Crippen molar-refractivity contribution in [1.82, 2.24) is 29.7 Å². The zero-order valence-electron chi connectivity index (χ0n) is 24.0. The molecule has 0 radical (unpaired) electrons. The molecule has 0 spiro atoms. The maximum atomic E-state index is 12.9. The first-order valence-electron chi connectivity index (χ1n) is 13.9. The number of fused-ring (bicyclic) bond motifs is 1. The molecular formula is C33H34N6O3. The lowest BCUT2D eigenvalue weighted by Crippen LogP contribution is -2.44. The Labute approximate surface area is 244 Å². The van der Waals surface area contributed by atoms with E-state index in [4.69, 9.17) is 9.97 Å². The molecule has 0 fully saturated rings. The number of benzene rings is 3. The van der Waals surface area contributed by atoms with Crippen LogP contribution in [0.4, 0.5) is 4.79 Å². The van der Waals surface area contributed by atoms with Crippen LogP contribution in [-0.4, -0.2) is 53.6 Å². The smallest absolute Gasteiger partial charge is 0.408 e. The summed E-state index contributed by atoms with van der Waals surface area (Å²) in [6.45, 7) is 7.22. The van der Waals surface area contributed by atoms with E-state index in [-0.39, 0.29) is 12.5 Å². The van der Waals surface area contributed by atoms with Gasteiger partial charge in [0.2, 0.25) is 0 Å². The number of carbonyl (C=O) groups is 2. The molecule has 5 aromatic rings. The monoisotopic (exact) mass is 562 g/mol. The van der Waals surface area contributed by atoms with Crippen molar-refractivity contribution in [3.63, 3.8) is 0 Å². The van der Waals surface area contributed by atoms with Gasteiger partial charge in [-0.05, 0) is 51.0 Å². The highest BCUT2D eigenvalue weighted by Gasteiger charge is 2.26. The fourth-order valence-corrected chi connectivity index (χ4v) is 4.72. The number of imidazole rings is 1. The van der Waals surface area contributed by atoms with Crippen molar-refractivity contribution in [3.05, 3.63) is 103 Å². The van der Waals surface area contributed by atoms with Gasteiger partial charge in [0, 0.05) is 54.3 Å². The van der Waals surface area contributed by atoms with Gasteiger partial charge in [0.1, 0.15) is 0 Å². The highest BCUT2D eigenvalue weighted by Crippen LogP contribution is 2.32. The zero-order valence-corrected chi connectivity index (χ0v) is 24.0. The van der Waals surface area contributed by atoms with E-state index in [0.717, 1.165) is 35.3 Å². The van der Waals surface area contributed by atoms with Crippen molar-refractivity contribution in [2.24, 2.45) is 0 Å². The molecule has 2 aromatic heterocycles. The van der Waals surface area contributed by atoms with Gasteiger partial charge in [0.15, 0.2) is 0 Å². The topological polar surface area (TPSA) is 113 Å². The fraction of sp³-hybridized carbons (Fsp3) is 0.242. The summed E-state index contributed by atoms with van der Waals surface area (Å²) in [5, 5.41) is 12.7. The molecule has 0 unspecified atom stereocenters. The predicted octanol–water partition coefficient (Wildman–Crippen LogP) is 6.26. The summed E-state index contributed by atoms with van der Waals surface area (Å²) in [7, 11) is 0. The van der Waals surface area contributed by atoms with Crippen molar-refractivity contribution in [3.8, 4) is 22.5 Å². The maximum absolute atomic E-state index is 12.9. The molecule has 214 valence electrons. The largest absolute Gasteiger partial charge is 0.465 e. The first-order chi connectivity index (χ1) is 20.2. The maximum Gasteiger partial charge on any atom is 0.408 e. The summed E-state index contributed by atoms with van der Waals surface area (Å²) < 4.78 is 1.98. The molecule has 2 amide bonds. The summed E-state index contributed by atoms with van der Waals surface area (Å²) in [5.74, 6) is -0.163. The van der Waals surface area contributed by atoms with E-state index < -0.39 is 11.6 Å². The van der Waals surface area contributed by atoms with Gasteiger partial charge in [-0.2, -0.15) is 0 Å². The number of amides is 2. The molecule has 5 rings (SSSR count). The minimum absolute atomic E-state index is 0.163. The third kappa shape index (κ3) is 6.63. The fourth-order valence-electron chi connectivity index (χ4n) is 4.72. The highest BCUT2D eigenvalue weighted by molar-refractivity contribution is 5.98. The average molecular weight is 563 g/mol. The quantitative estimate of drug-likeness (QED) is 0.205. The second kappa shape index (κ2) is 12.2. The van der Waals surface area contributed by atoms with Gasteiger partial charge >= 0.3 is 6.09 Å². The van der Waals surface area contributed by atoms with Gasteiger partial charge in [0.05, 0.1) is 28.7 Å². The van der Waals surface area contributed by atoms with Crippen LogP contribution in [0.2, 0.25) is 0 Å². The van der Waals surface area contributed by atoms with Crippen molar-refractivity contribution in [2.45, 2.75) is 45.8 Å². The predicted molar refractivity (Wildman–Crippen MR) is 163 cm³/mol. The number of carboxylic acid groups (broad SMARTS) is 1. The molecule has 0 bridgehead atoms. The molecule has 0 aliphatic heterocycles. The Balaban J connectivity index is 1.43. The van der Waals surface area contributed by atoms with Gasteiger partial charge < -0.3 is 15.0 Å². The molecule has 0 saturated carbocycles. The number of nitrogens with zero attached hydrogens (tertiary/aromatic N) is 5. The van der Waals surface area contributed by atoms with Crippen LogP contribution in [0.1, 0.15) is 43.1 Å². The second-order valence-corrected chi connectivity index (χ2v) is 11.1. The van der Waals surface area contributed by atoms with Crippen molar-refractivity contribution < 1.29 is 14.7 Å². The lowest BCUT2D eigenvalue weighted by molar-refractivity contribution is 0.0944. The van der Waals surface area contributed by atoms with E-state index in [1.54, 1.807) is 24.7 Å². The number of hydrogen-bond donors (Lipinski definition) is 2. The molecule has 0 aliphatic carbocycles. The van der Waals surface area contributed by atoms with E-state index in [1.807, 2.05) is 92.2 Å². The van der Waals surface area contributed by atoms with Crippen LogP contribution >= 0.6 is 0 Å². The third-order valence-corrected chi connectivity index (χ3v) is 7.02. The van der Waals surface area contributed by atoms with Crippen LogP contribution in [-0.2, 0) is 13.1 Å². The van der Waals surface area contributed by atoms with E-state index >= 15 is 0 Å². The number of aryl methyl sites for hydroxylation is 1. The molecule has 2 heterocycles. The van der Waals surface area contributed by atoms with E-state index in [1.165, 1.54) is 4.90 Å². The molecule has 0 aliphatic rings. The van der Waals surface area contributed by atoms with Crippen molar-refractivity contribution in [1.29, 1.82) is 0 Å². The number of rotatable bonds is 9. The van der Waals surface area contributed by atoms with Crippen LogP contribution in [0.5, 0.6) is 0 Å². The van der Waals surface area contributed by atoms with E-state index in [2.05, 4.69) is 10.3 Å². The van der Waals surface area contributed by atoms with Gasteiger partial charge in [-0.25, -0.2) is 19.7 Å². The molecule has 0 saturated heterocycles. The van der Waals surface area contributed by atoms with Crippen LogP contribution in [0.15, 0.2) is 91.5 Å². The molecule has 9 heteroatoms. The zero-order chi connectivity index (χ0) is 29.7. The third-order valence-electron chi connectivity index (χ3n) is 7.02. The Morgan fingerprint density at radius 1 is 0.905 bits per heavy atom. The van der Waals surface area contributed by atoms with E-state index in [0.29, 0.717) is 28.8 Å². The number of nitrogens with one attached hydrogen (secondary N) is 1. The SMILES string of the molecule is CC(C)(C)N(Cc1ccc(-c2nc3cc(C(=O)NCCCn4ccnc4)ccc3nc2-c2ccccc2)cc1)C(=O)O. The summed E-state index contributed by atoms with van der Waals surface area (Å²) in [4.78, 5) is 40.2. The molecule has 3 aromatic carbocycles. The lowest BCUT2D eigenvalue weighted by Gasteiger charge is -2.33. The molecule has 0 atom stereocenters. The van der Waals surface area contributed by atoms with Gasteiger partial charge in [-0.15, -0.1) is 0 Å². The summed E-state index contributed by atoms with van der Waals surface area (Å²) in [5.41, 5.74) is 5.35. The first-order valence-corrected chi connectivity index (χ1v) is 13.9. The van der Waals surface area contributed by atoms with Crippen LogP contribution in [0.3, 0.4) is 0 Å². The summed E-state index contributed by atoms with van der Waals surface area (Å²) >= 11 is 0. The number of carbonyl (C=O) groups excluding carboxylic acids is 1. The normalized spacial score (nSPS) is 11.4. The Bertz CT molecular complexity index is 1680. The van der Waals surface area contributed by atoms with E-state index in [9.17, 15) is 14.7 Å². The van der Waals surface area contributed by atoms with Crippen LogP contribution in [0.25, 0.3) is 33.5 Å². The summed E-state index contributed by atoms with van der Waals surface area (Å²) in [6.07, 6.45) is 5.22. The Morgan fingerprint density at radius 2 is 1.60 bits per heavy atom.